The molecule has 3 heteroatoms. The minimum atomic E-state index is -0.307. The van der Waals surface area contributed by atoms with E-state index in [2.05, 4.69) is 0 Å². The minimum Gasteiger partial charge on any atom is -0.462 e. The van der Waals surface area contributed by atoms with Crippen molar-refractivity contribution < 1.29 is 9.53 Å². The lowest BCUT2D eigenvalue weighted by molar-refractivity contribution is 0.0528. The summed E-state index contributed by atoms with van der Waals surface area (Å²) in [6, 6.07) is 11.0. The zero-order valence-electron chi connectivity index (χ0n) is 9.07. The lowest BCUT2D eigenvalue weighted by Gasteiger charge is -2.06. The highest BCUT2D eigenvalue weighted by Gasteiger charge is 2.10. The molecule has 0 saturated heterocycles. The van der Waals surface area contributed by atoms with Crippen molar-refractivity contribution in [2.75, 3.05) is 12.3 Å². The van der Waals surface area contributed by atoms with Gasteiger partial charge in [-0.25, -0.2) is 4.79 Å². The molecule has 2 N–H and O–H groups in total. The van der Waals surface area contributed by atoms with Gasteiger partial charge in [0, 0.05) is 5.69 Å². The largest absolute Gasteiger partial charge is 0.462 e. The Hall–Kier alpha value is -2.03. The Morgan fingerprint density at radius 2 is 2.12 bits per heavy atom. The zero-order chi connectivity index (χ0) is 11.5. The van der Waals surface area contributed by atoms with Crippen LogP contribution in [0.25, 0.3) is 10.8 Å². The van der Waals surface area contributed by atoms with Crippen LogP contribution in [0.4, 0.5) is 5.69 Å². The molecule has 0 bridgehead atoms. The molecule has 0 spiro atoms. The third-order valence-corrected chi connectivity index (χ3v) is 2.40. The molecule has 2 aromatic rings. The Morgan fingerprint density at radius 1 is 1.31 bits per heavy atom. The Bertz CT molecular complexity index is 534. The average Bonchev–Trinajstić information content (AvgIpc) is 2.28. The van der Waals surface area contributed by atoms with E-state index >= 15 is 0 Å². The number of nitrogen functional groups attached to an aromatic ring is 1. The molecule has 0 amide bonds. The predicted molar refractivity (Wildman–Crippen MR) is 64.3 cm³/mol. The fourth-order valence-corrected chi connectivity index (χ4v) is 1.68. The molecule has 0 unspecified atom stereocenters. The molecular formula is C13H13NO2. The third kappa shape index (κ3) is 1.84. The first-order chi connectivity index (χ1) is 7.72. The van der Waals surface area contributed by atoms with Crippen LogP contribution in [0, 0.1) is 0 Å². The topological polar surface area (TPSA) is 52.3 Å². The van der Waals surface area contributed by atoms with Crippen LogP contribution in [0.2, 0.25) is 0 Å². The first-order valence-electron chi connectivity index (χ1n) is 5.17. The summed E-state index contributed by atoms with van der Waals surface area (Å²) in [7, 11) is 0. The van der Waals surface area contributed by atoms with Gasteiger partial charge in [-0.2, -0.15) is 0 Å². The summed E-state index contributed by atoms with van der Waals surface area (Å²) in [5.74, 6) is -0.307. The molecule has 3 nitrogen and oxygen atoms in total. The highest BCUT2D eigenvalue weighted by atomic mass is 16.5. The number of hydrogen-bond donors (Lipinski definition) is 1. The first kappa shape index (κ1) is 10.5. The van der Waals surface area contributed by atoms with Crippen molar-refractivity contribution in [3.63, 3.8) is 0 Å². The number of anilines is 1. The fraction of sp³-hybridized carbons (Fsp3) is 0.154. The Labute approximate surface area is 93.8 Å². The van der Waals surface area contributed by atoms with E-state index in [0.717, 1.165) is 10.8 Å². The molecule has 0 saturated carbocycles. The van der Waals surface area contributed by atoms with Crippen LogP contribution in [0.1, 0.15) is 17.3 Å². The van der Waals surface area contributed by atoms with Crippen molar-refractivity contribution >= 4 is 22.4 Å². The number of rotatable bonds is 2. The minimum absolute atomic E-state index is 0.307. The van der Waals surface area contributed by atoms with Crippen molar-refractivity contribution in [1.82, 2.24) is 0 Å². The average molecular weight is 215 g/mol. The summed E-state index contributed by atoms with van der Waals surface area (Å²) >= 11 is 0. The molecule has 2 rings (SSSR count). The van der Waals surface area contributed by atoms with E-state index in [1.165, 1.54) is 0 Å². The zero-order valence-corrected chi connectivity index (χ0v) is 9.07. The van der Waals surface area contributed by atoms with Gasteiger partial charge in [0.05, 0.1) is 12.2 Å². The number of fused-ring (bicyclic) bond motifs is 1. The van der Waals surface area contributed by atoms with E-state index in [4.69, 9.17) is 10.5 Å². The highest BCUT2D eigenvalue weighted by molar-refractivity contribution is 6.05. The number of benzene rings is 2. The van der Waals surface area contributed by atoms with Crippen molar-refractivity contribution in [2.24, 2.45) is 0 Å². The van der Waals surface area contributed by atoms with Gasteiger partial charge in [-0.1, -0.05) is 18.2 Å². The molecule has 0 aliphatic carbocycles. The van der Waals surface area contributed by atoms with E-state index < -0.39 is 0 Å². The number of esters is 1. The lowest BCUT2D eigenvalue weighted by Crippen LogP contribution is -2.05. The maximum absolute atomic E-state index is 11.7. The molecule has 0 heterocycles. The molecule has 0 aliphatic rings. The van der Waals surface area contributed by atoms with Gasteiger partial charge in [0.25, 0.3) is 0 Å². The summed E-state index contributed by atoms with van der Waals surface area (Å²) in [5.41, 5.74) is 6.92. The van der Waals surface area contributed by atoms with Gasteiger partial charge >= 0.3 is 5.97 Å². The number of nitrogens with two attached hydrogens (primary N) is 1. The molecule has 0 aromatic heterocycles. The summed E-state index contributed by atoms with van der Waals surface area (Å²) in [5, 5.41) is 1.82. The Kier molecular flexibility index (Phi) is 2.77. The molecule has 82 valence electrons. The number of carbonyl (C=O) groups excluding carboxylic acids is 1. The molecule has 0 radical (unpaired) electrons. The van der Waals surface area contributed by atoms with E-state index in [-0.39, 0.29) is 5.97 Å². The second kappa shape index (κ2) is 4.23. The Balaban J connectivity index is 2.60. The van der Waals surface area contributed by atoms with E-state index in [1.807, 2.05) is 24.3 Å². The molecular weight excluding hydrogens is 202 g/mol. The molecule has 16 heavy (non-hydrogen) atoms. The maximum atomic E-state index is 11.7. The standard InChI is InChI=1S/C13H13NO2/c1-2-16-13(15)11-5-3-4-9-6-7-10(14)8-12(9)11/h3-8H,2,14H2,1H3. The third-order valence-electron chi connectivity index (χ3n) is 2.40. The van der Waals surface area contributed by atoms with Gasteiger partial charge in [0.15, 0.2) is 0 Å². The quantitative estimate of drug-likeness (QED) is 0.618. The predicted octanol–water partition coefficient (Wildman–Crippen LogP) is 2.60. The van der Waals surface area contributed by atoms with Gasteiger partial charge in [0.2, 0.25) is 0 Å². The second-order valence-electron chi connectivity index (χ2n) is 3.51. The number of carbonyl (C=O) groups is 1. The van der Waals surface area contributed by atoms with Crippen LogP contribution < -0.4 is 5.73 Å². The van der Waals surface area contributed by atoms with Gasteiger partial charge < -0.3 is 10.5 Å². The summed E-state index contributed by atoms with van der Waals surface area (Å²) in [6.07, 6.45) is 0. The van der Waals surface area contributed by atoms with Crippen LogP contribution in [-0.4, -0.2) is 12.6 Å². The summed E-state index contributed by atoms with van der Waals surface area (Å²) in [4.78, 5) is 11.7. The van der Waals surface area contributed by atoms with Crippen LogP contribution >= 0.6 is 0 Å². The van der Waals surface area contributed by atoms with Gasteiger partial charge in [-0.3, -0.25) is 0 Å². The van der Waals surface area contributed by atoms with Crippen LogP contribution in [0.5, 0.6) is 0 Å². The smallest absolute Gasteiger partial charge is 0.338 e. The lowest BCUT2D eigenvalue weighted by atomic mass is 10.0. The first-order valence-corrected chi connectivity index (χ1v) is 5.17. The van der Waals surface area contributed by atoms with E-state index in [1.54, 1.807) is 19.1 Å². The van der Waals surface area contributed by atoms with E-state index in [0.29, 0.717) is 17.9 Å². The van der Waals surface area contributed by atoms with Crippen molar-refractivity contribution in [2.45, 2.75) is 6.92 Å². The number of ether oxygens (including phenoxy) is 1. The van der Waals surface area contributed by atoms with Crippen molar-refractivity contribution in [1.29, 1.82) is 0 Å². The normalized spacial score (nSPS) is 10.3. The monoisotopic (exact) mass is 215 g/mol. The Morgan fingerprint density at radius 3 is 2.88 bits per heavy atom. The van der Waals surface area contributed by atoms with Crippen LogP contribution in [0.3, 0.4) is 0 Å². The molecule has 0 aliphatic heterocycles. The number of hydrogen-bond acceptors (Lipinski definition) is 3. The van der Waals surface area contributed by atoms with Gasteiger partial charge in [-0.05, 0) is 35.9 Å². The van der Waals surface area contributed by atoms with Gasteiger partial charge in [-0.15, -0.1) is 0 Å². The fourth-order valence-electron chi connectivity index (χ4n) is 1.68. The van der Waals surface area contributed by atoms with Crippen molar-refractivity contribution in [3.8, 4) is 0 Å². The molecule has 0 atom stereocenters. The van der Waals surface area contributed by atoms with E-state index in [9.17, 15) is 4.79 Å². The highest BCUT2D eigenvalue weighted by Crippen LogP contribution is 2.22. The van der Waals surface area contributed by atoms with Gasteiger partial charge in [0.1, 0.15) is 0 Å². The summed E-state index contributed by atoms with van der Waals surface area (Å²) in [6.45, 7) is 2.16. The summed E-state index contributed by atoms with van der Waals surface area (Å²) < 4.78 is 5.00. The van der Waals surface area contributed by atoms with Crippen molar-refractivity contribution in [3.05, 3.63) is 42.0 Å². The maximum Gasteiger partial charge on any atom is 0.338 e. The van der Waals surface area contributed by atoms with Crippen LogP contribution in [0.15, 0.2) is 36.4 Å². The SMILES string of the molecule is CCOC(=O)c1cccc2ccc(N)cc12. The molecule has 0 fully saturated rings. The molecule has 2 aromatic carbocycles. The van der Waals surface area contributed by atoms with Crippen LogP contribution in [-0.2, 0) is 4.74 Å². The second-order valence-corrected chi connectivity index (χ2v) is 3.51.